The Balaban J connectivity index is 2.62. The van der Waals surface area contributed by atoms with Gasteiger partial charge in [0, 0.05) is 18.2 Å². The van der Waals surface area contributed by atoms with Gasteiger partial charge in [0.15, 0.2) is 0 Å². The first-order valence-corrected chi connectivity index (χ1v) is 5.59. The standard InChI is InChI=1S/C13H21NO2/c1-9-8-12(14-11(3)10(9)2)16-7-6-13(4,5)15/h8,15H,6-7H2,1-5H3. The Kier molecular flexibility index (Phi) is 3.92. The summed E-state index contributed by atoms with van der Waals surface area (Å²) in [7, 11) is 0. The van der Waals surface area contributed by atoms with E-state index in [0.29, 0.717) is 18.9 Å². The summed E-state index contributed by atoms with van der Waals surface area (Å²) < 4.78 is 5.53. The highest BCUT2D eigenvalue weighted by Crippen LogP contribution is 2.17. The molecule has 0 aliphatic rings. The lowest BCUT2D eigenvalue weighted by Gasteiger charge is -2.17. The lowest BCUT2D eigenvalue weighted by Crippen LogP contribution is -2.22. The molecule has 3 heteroatoms. The van der Waals surface area contributed by atoms with E-state index < -0.39 is 5.60 Å². The minimum absolute atomic E-state index is 0.485. The van der Waals surface area contributed by atoms with Crippen LogP contribution in [0.4, 0.5) is 0 Å². The van der Waals surface area contributed by atoms with E-state index >= 15 is 0 Å². The molecule has 0 aliphatic heterocycles. The van der Waals surface area contributed by atoms with Gasteiger partial charge in [-0.3, -0.25) is 0 Å². The van der Waals surface area contributed by atoms with Gasteiger partial charge in [0.2, 0.25) is 5.88 Å². The molecule has 3 nitrogen and oxygen atoms in total. The summed E-state index contributed by atoms with van der Waals surface area (Å²) in [5.41, 5.74) is 2.70. The first-order valence-electron chi connectivity index (χ1n) is 5.59. The van der Waals surface area contributed by atoms with Gasteiger partial charge in [0.1, 0.15) is 0 Å². The number of aryl methyl sites for hydroxylation is 2. The zero-order valence-corrected chi connectivity index (χ0v) is 10.8. The molecule has 0 saturated carbocycles. The van der Waals surface area contributed by atoms with E-state index in [1.165, 1.54) is 11.1 Å². The van der Waals surface area contributed by atoms with E-state index in [2.05, 4.69) is 11.9 Å². The molecule has 1 N–H and O–H groups in total. The molecule has 1 heterocycles. The number of hydrogen-bond acceptors (Lipinski definition) is 3. The number of ether oxygens (including phenoxy) is 1. The molecule has 1 rings (SSSR count). The van der Waals surface area contributed by atoms with E-state index in [1.54, 1.807) is 13.8 Å². The van der Waals surface area contributed by atoms with Crippen LogP contribution in [0.5, 0.6) is 5.88 Å². The Morgan fingerprint density at radius 1 is 1.31 bits per heavy atom. The van der Waals surface area contributed by atoms with Crippen LogP contribution in [0, 0.1) is 20.8 Å². The maximum atomic E-state index is 9.55. The van der Waals surface area contributed by atoms with E-state index in [4.69, 9.17) is 4.74 Å². The van der Waals surface area contributed by atoms with Crippen molar-refractivity contribution >= 4 is 0 Å². The highest BCUT2D eigenvalue weighted by molar-refractivity contribution is 5.32. The monoisotopic (exact) mass is 223 g/mol. The van der Waals surface area contributed by atoms with Gasteiger partial charge in [-0.25, -0.2) is 4.98 Å². The van der Waals surface area contributed by atoms with Gasteiger partial charge in [-0.1, -0.05) is 0 Å². The van der Waals surface area contributed by atoms with Gasteiger partial charge < -0.3 is 9.84 Å². The Labute approximate surface area is 97.5 Å². The van der Waals surface area contributed by atoms with Crippen LogP contribution in [0.15, 0.2) is 6.07 Å². The van der Waals surface area contributed by atoms with Gasteiger partial charge in [0.05, 0.1) is 12.2 Å². The van der Waals surface area contributed by atoms with Crippen molar-refractivity contribution in [1.29, 1.82) is 0 Å². The second-order valence-electron chi connectivity index (χ2n) is 4.90. The minimum Gasteiger partial charge on any atom is -0.478 e. The third-order valence-electron chi connectivity index (χ3n) is 2.72. The van der Waals surface area contributed by atoms with Crippen LogP contribution >= 0.6 is 0 Å². The fourth-order valence-electron chi connectivity index (χ4n) is 1.34. The van der Waals surface area contributed by atoms with Crippen molar-refractivity contribution < 1.29 is 9.84 Å². The molecule has 0 radical (unpaired) electrons. The lowest BCUT2D eigenvalue weighted by molar-refractivity contribution is 0.0546. The molecule has 0 fully saturated rings. The van der Waals surface area contributed by atoms with Crippen molar-refractivity contribution in [3.05, 3.63) is 22.9 Å². The van der Waals surface area contributed by atoms with Crippen molar-refractivity contribution in [2.75, 3.05) is 6.61 Å². The first kappa shape index (κ1) is 13.0. The van der Waals surface area contributed by atoms with Crippen molar-refractivity contribution in [2.45, 2.75) is 46.6 Å². The molecule has 0 aromatic carbocycles. The maximum absolute atomic E-state index is 9.55. The third kappa shape index (κ3) is 3.81. The van der Waals surface area contributed by atoms with E-state index in [1.807, 2.05) is 19.9 Å². The maximum Gasteiger partial charge on any atom is 0.213 e. The summed E-state index contributed by atoms with van der Waals surface area (Å²) in [4.78, 5) is 4.35. The molecule has 1 aromatic rings. The fraction of sp³-hybridized carbons (Fsp3) is 0.615. The van der Waals surface area contributed by atoms with Crippen LogP contribution in [-0.2, 0) is 0 Å². The molecule has 0 saturated heterocycles. The lowest BCUT2D eigenvalue weighted by atomic mass is 10.1. The fourth-order valence-corrected chi connectivity index (χ4v) is 1.34. The second kappa shape index (κ2) is 4.83. The Bertz CT molecular complexity index is 344. The first-order chi connectivity index (χ1) is 7.29. The van der Waals surface area contributed by atoms with Crippen molar-refractivity contribution in [2.24, 2.45) is 0 Å². The molecule has 16 heavy (non-hydrogen) atoms. The van der Waals surface area contributed by atoms with Gasteiger partial charge in [0.25, 0.3) is 0 Å². The zero-order chi connectivity index (χ0) is 12.3. The molecule has 0 amide bonds. The second-order valence-corrected chi connectivity index (χ2v) is 4.90. The van der Waals surface area contributed by atoms with E-state index in [9.17, 15) is 5.11 Å². The average Bonchev–Trinajstić information content (AvgIpc) is 2.12. The summed E-state index contributed by atoms with van der Waals surface area (Å²) in [6.07, 6.45) is 0.598. The van der Waals surface area contributed by atoms with Gasteiger partial charge in [-0.15, -0.1) is 0 Å². The normalized spacial score (nSPS) is 11.6. The number of hydrogen-bond donors (Lipinski definition) is 1. The van der Waals surface area contributed by atoms with Gasteiger partial charge in [-0.2, -0.15) is 0 Å². The molecule has 0 atom stereocenters. The molecule has 1 aromatic heterocycles. The van der Waals surface area contributed by atoms with Crippen LogP contribution < -0.4 is 4.74 Å². The SMILES string of the molecule is Cc1cc(OCCC(C)(C)O)nc(C)c1C. The zero-order valence-electron chi connectivity index (χ0n) is 10.8. The Morgan fingerprint density at radius 2 is 1.94 bits per heavy atom. The summed E-state index contributed by atoms with van der Waals surface area (Å²) in [6, 6.07) is 1.94. The van der Waals surface area contributed by atoms with Crippen LogP contribution in [0.2, 0.25) is 0 Å². The Morgan fingerprint density at radius 3 is 2.44 bits per heavy atom. The summed E-state index contributed by atoms with van der Waals surface area (Å²) in [5.74, 6) is 0.643. The third-order valence-corrected chi connectivity index (χ3v) is 2.72. The van der Waals surface area contributed by atoms with Crippen LogP contribution in [-0.4, -0.2) is 22.3 Å². The van der Waals surface area contributed by atoms with Gasteiger partial charge in [-0.05, 0) is 45.7 Å². The van der Waals surface area contributed by atoms with Crippen molar-refractivity contribution in [3.63, 3.8) is 0 Å². The highest BCUT2D eigenvalue weighted by Gasteiger charge is 2.12. The molecular weight excluding hydrogens is 202 g/mol. The minimum atomic E-state index is -0.686. The molecule has 0 aliphatic carbocycles. The molecule has 0 bridgehead atoms. The molecular formula is C13H21NO2. The van der Waals surface area contributed by atoms with Crippen LogP contribution in [0.1, 0.15) is 37.1 Å². The number of pyridine rings is 1. The summed E-state index contributed by atoms with van der Waals surface area (Å²) in [6.45, 7) is 10.1. The van der Waals surface area contributed by atoms with Crippen molar-refractivity contribution in [3.8, 4) is 5.88 Å². The summed E-state index contributed by atoms with van der Waals surface area (Å²) >= 11 is 0. The largest absolute Gasteiger partial charge is 0.478 e. The quantitative estimate of drug-likeness (QED) is 0.853. The van der Waals surface area contributed by atoms with E-state index in [-0.39, 0.29) is 0 Å². The predicted octanol–water partition coefficient (Wildman–Crippen LogP) is 2.55. The predicted molar refractivity (Wildman–Crippen MR) is 64.9 cm³/mol. The smallest absolute Gasteiger partial charge is 0.213 e. The van der Waals surface area contributed by atoms with Crippen LogP contribution in [0.25, 0.3) is 0 Å². The average molecular weight is 223 g/mol. The molecule has 0 spiro atoms. The van der Waals surface area contributed by atoms with Crippen LogP contribution in [0.3, 0.4) is 0 Å². The number of aromatic nitrogens is 1. The highest BCUT2D eigenvalue weighted by atomic mass is 16.5. The number of aliphatic hydroxyl groups is 1. The summed E-state index contributed by atoms with van der Waals surface area (Å²) in [5, 5.41) is 9.55. The van der Waals surface area contributed by atoms with Gasteiger partial charge >= 0.3 is 0 Å². The molecule has 0 unspecified atom stereocenters. The van der Waals surface area contributed by atoms with Crippen molar-refractivity contribution in [1.82, 2.24) is 4.98 Å². The van der Waals surface area contributed by atoms with E-state index in [0.717, 1.165) is 5.69 Å². The Hall–Kier alpha value is -1.09. The topological polar surface area (TPSA) is 42.4 Å². The number of rotatable bonds is 4. The number of nitrogens with zero attached hydrogens (tertiary/aromatic N) is 1. The molecule has 90 valence electrons.